The third-order valence-electron chi connectivity index (χ3n) is 3.93. The molecule has 0 saturated heterocycles. The Balaban J connectivity index is 1.85. The van der Waals surface area contributed by atoms with Gasteiger partial charge in [0.25, 0.3) is 5.91 Å². The van der Waals surface area contributed by atoms with Crippen LogP contribution < -0.4 is 0 Å². The van der Waals surface area contributed by atoms with Gasteiger partial charge in [-0.2, -0.15) is 0 Å². The third kappa shape index (κ3) is 2.19. The molecular weight excluding hydrogens is 254 g/mol. The fraction of sp³-hybridized carbons (Fsp3) is 0.312. The highest BCUT2D eigenvalue weighted by Crippen LogP contribution is 2.25. The van der Waals surface area contributed by atoms with E-state index in [4.69, 9.17) is 0 Å². The molecule has 19 heavy (non-hydrogen) atoms. The Hall–Kier alpha value is -1.61. The Morgan fingerprint density at radius 2 is 1.95 bits per heavy atom. The van der Waals surface area contributed by atoms with Crippen molar-refractivity contribution in [3.8, 4) is 0 Å². The van der Waals surface area contributed by atoms with Crippen molar-refractivity contribution in [3.05, 3.63) is 56.8 Å². The summed E-state index contributed by atoms with van der Waals surface area (Å²) in [7, 11) is 0. The van der Waals surface area contributed by atoms with Crippen LogP contribution in [0.4, 0.5) is 0 Å². The van der Waals surface area contributed by atoms with Gasteiger partial charge in [0.2, 0.25) is 0 Å². The summed E-state index contributed by atoms with van der Waals surface area (Å²) in [5.74, 6) is 0.177. The Kier molecular flexibility index (Phi) is 3.15. The zero-order valence-corrected chi connectivity index (χ0v) is 12.1. The molecule has 1 aliphatic rings. The van der Waals surface area contributed by atoms with Crippen LogP contribution in [0.5, 0.6) is 0 Å². The molecule has 0 spiro atoms. The number of benzene rings is 1. The van der Waals surface area contributed by atoms with Gasteiger partial charge in [-0.1, -0.05) is 24.3 Å². The molecule has 2 aromatic rings. The number of carbonyl (C=O) groups is 1. The van der Waals surface area contributed by atoms with Crippen LogP contribution in [0.1, 0.15) is 31.9 Å². The number of hydrogen-bond acceptors (Lipinski definition) is 2. The van der Waals surface area contributed by atoms with Gasteiger partial charge in [0, 0.05) is 23.3 Å². The Bertz CT molecular complexity index is 629. The Morgan fingerprint density at radius 1 is 1.21 bits per heavy atom. The molecule has 0 aliphatic carbocycles. The lowest BCUT2D eigenvalue weighted by Crippen LogP contribution is -2.36. The first-order valence-corrected chi connectivity index (χ1v) is 7.45. The van der Waals surface area contributed by atoms with Crippen molar-refractivity contribution in [1.82, 2.24) is 4.90 Å². The maximum atomic E-state index is 12.6. The summed E-state index contributed by atoms with van der Waals surface area (Å²) in [5, 5.41) is 1.99. The van der Waals surface area contributed by atoms with Gasteiger partial charge < -0.3 is 4.90 Å². The SMILES string of the molecule is Cc1scc(C(=O)N2CCc3ccccc3C2)c1C. The molecular formula is C16H17NOS. The van der Waals surface area contributed by atoms with Crippen molar-refractivity contribution >= 4 is 17.2 Å². The monoisotopic (exact) mass is 271 g/mol. The van der Waals surface area contributed by atoms with Crippen LogP contribution in [0.3, 0.4) is 0 Å². The third-order valence-corrected chi connectivity index (χ3v) is 4.95. The molecule has 0 atom stereocenters. The number of hydrogen-bond donors (Lipinski definition) is 0. The predicted molar refractivity (Wildman–Crippen MR) is 78.7 cm³/mol. The lowest BCUT2D eigenvalue weighted by Gasteiger charge is -2.29. The molecule has 2 heterocycles. The van der Waals surface area contributed by atoms with Gasteiger partial charge in [0.1, 0.15) is 0 Å². The second-order valence-corrected chi connectivity index (χ2v) is 6.16. The summed E-state index contributed by atoms with van der Waals surface area (Å²) >= 11 is 1.66. The second-order valence-electron chi connectivity index (χ2n) is 5.08. The number of fused-ring (bicyclic) bond motifs is 1. The summed E-state index contributed by atoms with van der Waals surface area (Å²) in [4.78, 5) is 15.8. The highest BCUT2D eigenvalue weighted by molar-refractivity contribution is 7.10. The molecule has 0 saturated carbocycles. The number of amides is 1. The van der Waals surface area contributed by atoms with Crippen molar-refractivity contribution in [2.75, 3.05) is 6.54 Å². The van der Waals surface area contributed by atoms with Crippen LogP contribution in [-0.4, -0.2) is 17.4 Å². The number of carbonyl (C=O) groups excluding carboxylic acids is 1. The van der Waals surface area contributed by atoms with Crippen LogP contribution in [0, 0.1) is 13.8 Å². The van der Waals surface area contributed by atoms with Crippen molar-refractivity contribution < 1.29 is 4.79 Å². The van der Waals surface area contributed by atoms with E-state index in [-0.39, 0.29) is 5.91 Å². The first-order valence-electron chi connectivity index (χ1n) is 6.57. The quantitative estimate of drug-likeness (QED) is 0.776. The molecule has 3 heteroatoms. The van der Waals surface area contributed by atoms with E-state index in [0.29, 0.717) is 0 Å². The topological polar surface area (TPSA) is 20.3 Å². The van der Waals surface area contributed by atoms with E-state index in [1.54, 1.807) is 11.3 Å². The summed E-state index contributed by atoms with van der Waals surface area (Å²) < 4.78 is 0. The van der Waals surface area contributed by atoms with Crippen molar-refractivity contribution in [1.29, 1.82) is 0 Å². The van der Waals surface area contributed by atoms with Crippen LogP contribution in [0.25, 0.3) is 0 Å². The molecule has 0 fully saturated rings. The van der Waals surface area contributed by atoms with E-state index in [9.17, 15) is 4.79 Å². The smallest absolute Gasteiger partial charge is 0.255 e. The zero-order valence-electron chi connectivity index (χ0n) is 11.3. The highest BCUT2D eigenvalue weighted by Gasteiger charge is 2.23. The number of rotatable bonds is 1. The largest absolute Gasteiger partial charge is 0.334 e. The fourth-order valence-corrected chi connectivity index (χ4v) is 3.42. The van der Waals surface area contributed by atoms with E-state index in [2.05, 4.69) is 25.1 Å². The molecule has 98 valence electrons. The predicted octanol–water partition coefficient (Wildman–Crippen LogP) is 3.56. The molecule has 0 N–H and O–H groups in total. The van der Waals surface area contributed by atoms with Crippen molar-refractivity contribution in [2.24, 2.45) is 0 Å². The minimum Gasteiger partial charge on any atom is -0.334 e. The van der Waals surface area contributed by atoms with Gasteiger partial charge >= 0.3 is 0 Å². The van der Waals surface area contributed by atoms with E-state index >= 15 is 0 Å². The number of nitrogens with zero attached hydrogens (tertiary/aromatic N) is 1. The standard InChI is InChI=1S/C16H17NOS/c1-11-12(2)19-10-15(11)16(18)17-8-7-13-5-3-4-6-14(13)9-17/h3-6,10H,7-9H2,1-2H3. The number of aryl methyl sites for hydroxylation is 1. The lowest BCUT2D eigenvalue weighted by atomic mass is 9.99. The average molecular weight is 271 g/mol. The zero-order chi connectivity index (χ0) is 13.4. The van der Waals surface area contributed by atoms with Crippen LogP contribution >= 0.6 is 11.3 Å². The average Bonchev–Trinajstić information content (AvgIpc) is 2.78. The van der Waals surface area contributed by atoms with Crippen LogP contribution in [-0.2, 0) is 13.0 Å². The van der Waals surface area contributed by atoms with Crippen molar-refractivity contribution in [3.63, 3.8) is 0 Å². The summed E-state index contributed by atoms with van der Waals surface area (Å²) in [6, 6.07) is 8.41. The first kappa shape index (κ1) is 12.4. The van der Waals surface area contributed by atoms with E-state index in [1.807, 2.05) is 23.3 Å². The highest BCUT2D eigenvalue weighted by atomic mass is 32.1. The van der Waals surface area contributed by atoms with Gasteiger partial charge in [-0.15, -0.1) is 11.3 Å². The molecule has 1 aromatic heterocycles. The van der Waals surface area contributed by atoms with Crippen LogP contribution in [0.15, 0.2) is 29.6 Å². The van der Waals surface area contributed by atoms with E-state index in [0.717, 1.165) is 30.6 Å². The van der Waals surface area contributed by atoms with Crippen LogP contribution in [0.2, 0.25) is 0 Å². The number of thiophene rings is 1. The molecule has 0 bridgehead atoms. The molecule has 0 radical (unpaired) electrons. The molecule has 1 aliphatic heterocycles. The molecule has 1 aromatic carbocycles. The first-order chi connectivity index (χ1) is 9.16. The molecule has 1 amide bonds. The van der Waals surface area contributed by atoms with Crippen molar-refractivity contribution in [2.45, 2.75) is 26.8 Å². The van der Waals surface area contributed by atoms with E-state index < -0.39 is 0 Å². The van der Waals surface area contributed by atoms with Gasteiger partial charge in [-0.25, -0.2) is 0 Å². The van der Waals surface area contributed by atoms with Gasteiger partial charge in [-0.3, -0.25) is 4.79 Å². The minimum atomic E-state index is 0.177. The normalized spacial score (nSPS) is 14.3. The maximum absolute atomic E-state index is 12.6. The summed E-state index contributed by atoms with van der Waals surface area (Å²) in [6.07, 6.45) is 0.962. The summed E-state index contributed by atoms with van der Waals surface area (Å²) in [6.45, 7) is 5.67. The lowest BCUT2D eigenvalue weighted by molar-refractivity contribution is 0.0734. The molecule has 2 nitrogen and oxygen atoms in total. The molecule has 0 unspecified atom stereocenters. The Morgan fingerprint density at radius 3 is 2.63 bits per heavy atom. The van der Waals surface area contributed by atoms with Gasteiger partial charge in [0.15, 0.2) is 0 Å². The second kappa shape index (κ2) is 4.82. The van der Waals surface area contributed by atoms with Gasteiger partial charge in [0.05, 0.1) is 5.56 Å². The van der Waals surface area contributed by atoms with E-state index in [1.165, 1.54) is 16.0 Å². The minimum absolute atomic E-state index is 0.177. The van der Waals surface area contributed by atoms with Gasteiger partial charge in [-0.05, 0) is 37.0 Å². The molecule has 3 rings (SSSR count). The summed E-state index contributed by atoms with van der Waals surface area (Å²) in [5.41, 5.74) is 4.67. The maximum Gasteiger partial charge on any atom is 0.255 e. The fourth-order valence-electron chi connectivity index (χ4n) is 2.56. The Labute approximate surface area is 117 Å².